The summed E-state index contributed by atoms with van der Waals surface area (Å²) in [5.74, 6) is 0.154. The highest BCUT2D eigenvalue weighted by molar-refractivity contribution is 5.56. The van der Waals surface area contributed by atoms with E-state index in [9.17, 15) is 15.2 Å². The molecule has 100 valence electrons. The van der Waals surface area contributed by atoms with Crippen molar-refractivity contribution in [1.29, 1.82) is 0 Å². The van der Waals surface area contributed by atoms with Gasteiger partial charge < -0.3 is 15.2 Å². The van der Waals surface area contributed by atoms with Crippen LogP contribution in [-0.2, 0) is 4.74 Å². The highest BCUT2D eigenvalue weighted by atomic mass is 16.6. The predicted molar refractivity (Wildman–Crippen MR) is 66.6 cm³/mol. The number of nitrogens with zero attached hydrogens (tertiary/aromatic N) is 2. The molecule has 0 fully saturated rings. The molecule has 0 aliphatic rings. The smallest absolute Gasteiger partial charge is 0.311 e. The largest absolute Gasteiger partial charge is 0.389 e. The standard InChI is InChI=1S/C11H17N3O4/c1-3-18-7-9(15)6-13-11-10(14(16)17)4-8(2)5-12-11/h4-5,9,15H,3,6-7H2,1-2H3,(H,12,13)/t9-/m1/s1. The van der Waals surface area contributed by atoms with Crippen LogP contribution in [0.5, 0.6) is 0 Å². The summed E-state index contributed by atoms with van der Waals surface area (Å²) < 4.78 is 5.04. The Balaban J connectivity index is 2.64. The van der Waals surface area contributed by atoms with E-state index < -0.39 is 11.0 Å². The first-order valence-electron chi connectivity index (χ1n) is 5.65. The van der Waals surface area contributed by atoms with Gasteiger partial charge in [-0.3, -0.25) is 10.1 Å². The Morgan fingerprint density at radius 3 is 3.00 bits per heavy atom. The van der Waals surface area contributed by atoms with Gasteiger partial charge in [0, 0.05) is 25.4 Å². The van der Waals surface area contributed by atoms with E-state index in [1.165, 1.54) is 12.3 Å². The topological polar surface area (TPSA) is 97.5 Å². The molecule has 1 heterocycles. The van der Waals surface area contributed by atoms with Gasteiger partial charge in [-0.15, -0.1) is 0 Å². The lowest BCUT2D eigenvalue weighted by molar-refractivity contribution is -0.384. The number of nitrogens with one attached hydrogen (secondary N) is 1. The molecule has 1 atom stereocenters. The van der Waals surface area contributed by atoms with Gasteiger partial charge in [-0.2, -0.15) is 0 Å². The third-order valence-corrected chi connectivity index (χ3v) is 2.22. The van der Waals surface area contributed by atoms with Crippen molar-refractivity contribution < 1.29 is 14.8 Å². The third kappa shape index (κ3) is 4.27. The van der Waals surface area contributed by atoms with Crippen molar-refractivity contribution in [2.24, 2.45) is 0 Å². The SMILES string of the molecule is CCOC[C@H](O)CNc1ncc(C)cc1[N+](=O)[O-]. The second kappa shape index (κ2) is 6.87. The van der Waals surface area contributed by atoms with Gasteiger partial charge in [-0.05, 0) is 19.4 Å². The van der Waals surface area contributed by atoms with Crippen molar-refractivity contribution in [2.45, 2.75) is 20.0 Å². The lowest BCUT2D eigenvalue weighted by Gasteiger charge is -2.12. The number of aromatic nitrogens is 1. The van der Waals surface area contributed by atoms with E-state index in [4.69, 9.17) is 4.74 Å². The molecule has 0 unspecified atom stereocenters. The van der Waals surface area contributed by atoms with Gasteiger partial charge in [-0.25, -0.2) is 4.98 Å². The van der Waals surface area contributed by atoms with Gasteiger partial charge in [0.05, 0.1) is 17.6 Å². The highest BCUT2D eigenvalue weighted by Gasteiger charge is 2.16. The summed E-state index contributed by atoms with van der Waals surface area (Å²) in [5, 5.41) is 23.1. The molecule has 0 bridgehead atoms. The van der Waals surface area contributed by atoms with E-state index in [0.29, 0.717) is 12.2 Å². The molecule has 0 aliphatic carbocycles. The fourth-order valence-electron chi connectivity index (χ4n) is 1.36. The quantitative estimate of drug-likeness (QED) is 0.559. The van der Waals surface area contributed by atoms with Crippen LogP contribution in [0.15, 0.2) is 12.3 Å². The van der Waals surface area contributed by atoms with Crippen LogP contribution >= 0.6 is 0 Å². The monoisotopic (exact) mass is 255 g/mol. The maximum absolute atomic E-state index is 10.8. The van der Waals surface area contributed by atoms with Crippen molar-refractivity contribution in [3.05, 3.63) is 27.9 Å². The number of hydrogen-bond acceptors (Lipinski definition) is 6. The van der Waals surface area contributed by atoms with Crippen LogP contribution < -0.4 is 5.32 Å². The van der Waals surface area contributed by atoms with Crippen molar-refractivity contribution in [3.8, 4) is 0 Å². The average molecular weight is 255 g/mol. The first-order valence-corrected chi connectivity index (χ1v) is 5.65. The minimum Gasteiger partial charge on any atom is -0.389 e. The number of anilines is 1. The Morgan fingerprint density at radius 1 is 1.67 bits per heavy atom. The molecule has 1 aromatic rings. The normalized spacial score (nSPS) is 12.2. The molecule has 0 spiro atoms. The minimum atomic E-state index is -0.729. The zero-order valence-electron chi connectivity index (χ0n) is 10.4. The van der Waals surface area contributed by atoms with Crippen molar-refractivity contribution >= 4 is 11.5 Å². The number of aliphatic hydroxyl groups excluding tert-OH is 1. The lowest BCUT2D eigenvalue weighted by atomic mass is 10.3. The molecular weight excluding hydrogens is 238 g/mol. The molecule has 0 amide bonds. The van der Waals surface area contributed by atoms with E-state index in [2.05, 4.69) is 10.3 Å². The fraction of sp³-hybridized carbons (Fsp3) is 0.545. The fourth-order valence-corrected chi connectivity index (χ4v) is 1.36. The summed E-state index contributed by atoms with van der Waals surface area (Å²) in [6.07, 6.45) is 0.803. The van der Waals surface area contributed by atoms with Crippen LogP contribution in [-0.4, -0.2) is 40.9 Å². The second-order valence-electron chi connectivity index (χ2n) is 3.83. The Bertz CT molecular complexity index is 411. The van der Waals surface area contributed by atoms with Crippen LogP contribution in [0.1, 0.15) is 12.5 Å². The van der Waals surface area contributed by atoms with Crippen LogP contribution in [0, 0.1) is 17.0 Å². The lowest BCUT2D eigenvalue weighted by Crippen LogP contribution is -2.25. The molecule has 0 aliphatic heterocycles. The molecule has 0 saturated carbocycles. The molecule has 1 aromatic heterocycles. The third-order valence-electron chi connectivity index (χ3n) is 2.22. The summed E-state index contributed by atoms with van der Waals surface area (Å²) in [4.78, 5) is 14.3. The molecule has 1 rings (SSSR count). The number of pyridine rings is 1. The van der Waals surface area contributed by atoms with E-state index in [1.54, 1.807) is 6.92 Å². The average Bonchev–Trinajstić information content (AvgIpc) is 2.34. The molecule has 0 radical (unpaired) electrons. The summed E-state index contributed by atoms with van der Waals surface area (Å²) >= 11 is 0. The van der Waals surface area contributed by atoms with Crippen LogP contribution in [0.2, 0.25) is 0 Å². The summed E-state index contributed by atoms with van der Waals surface area (Å²) in [6.45, 7) is 4.40. The van der Waals surface area contributed by atoms with Crippen LogP contribution in [0.4, 0.5) is 11.5 Å². The number of aliphatic hydroxyl groups is 1. The van der Waals surface area contributed by atoms with E-state index >= 15 is 0 Å². The second-order valence-corrected chi connectivity index (χ2v) is 3.83. The molecule has 0 saturated heterocycles. The van der Waals surface area contributed by atoms with Crippen molar-refractivity contribution in [2.75, 3.05) is 25.1 Å². The van der Waals surface area contributed by atoms with E-state index in [1.807, 2.05) is 6.92 Å². The van der Waals surface area contributed by atoms with Crippen LogP contribution in [0.25, 0.3) is 0 Å². The number of nitro groups is 1. The maximum Gasteiger partial charge on any atom is 0.311 e. The Kier molecular flexibility index (Phi) is 5.47. The number of hydrogen-bond donors (Lipinski definition) is 2. The van der Waals surface area contributed by atoms with E-state index in [0.717, 1.165) is 0 Å². The van der Waals surface area contributed by atoms with Gasteiger partial charge in [0.15, 0.2) is 0 Å². The van der Waals surface area contributed by atoms with Gasteiger partial charge in [0.25, 0.3) is 0 Å². The summed E-state index contributed by atoms with van der Waals surface area (Å²) in [6, 6.07) is 1.43. The van der Waals surface area contributed by atoms with Crippen molar-refractivity contribution in [3.63, 3.8) is 0 Å². The molecule has 7 heteroatoms. The zero-order valence-corrected chi connectivity index (χ0v) is 10.4. The number of aryl methyl sites for hydroxylation is 1. The van der Waals surface area contributed by atoms with Gasteiger partial charge in [-0.1, -0.05) is 0 Å². The van der Waals surface area contributed by atoms with Crippen molar-refractivity contribution in [1.82, 2.24) is 4.98 Å². The summed E-state index contributed by atoms with van der Waals surface area (Å²) in [5.41, 5.74) is 0.612. The first-order chi connectivity index (χ1) is 8.54. The predicted octanol–water partition coefficient (Wildman–Crippen LogP) is 1.11. The molecule has 0 aromatic carbocycles. The highest BCUT2D eigenvalue weighted by Crippen LogP contribution is 2.22. The molecule has 2 N–H and O–H groups in total. The Labute approximate surface area is 105 Å². The molecular formula is C11H17N3O4. The zero-order chi connectivity index (χ0) is 13.5. The Hall–Kier alpha value is -1.73. The van der Waals surface area contributed by atoms with Crippen LogP contribution in [0.3, 0.4) is 0 Å². The summed E-state index contributed by atoms with van der Waals surface area (Å²) in [7, 11) is 0. The van der Waals surface area contributed by atoms with Gasteiger partial charge in [0.2, 0.25) is 5.82 Å². The molecule has 18 heavy (non-hydrogen) atoms. The number of rotatable bonds is 7. The minimum absolute atomic E-state index is 0.0985. The number of ether oxygens (including phenoxy) is 1. The van der Waals surface area contributed by atoms with Gasteiger partial charge >= 0.3 is 5.69 Å². The molecule has 7 nitrogen and oxygen atoms in total. The maximum atomic E-state index is 10.8. The van der Waals surface area contributed by atoms with Gasteiger partial charge in [0.1, 0.15) is 0 Å². The van der Waals surface area contributed by atoms with E-state index in [-0.39, 0.29) is 24.7 Å². The first kappa shape index (κ1) is 14.3. The Morgan fingerprint density at radius 2 is 2.39 bits per heavy atom.